The van der Waals surface area contributed by atoms with Crippen molar-refractivity contribution < 1.29 is 102 Å². The molecule has 35 heteroatoms. The Morgan fingerprint density at radius 3 is 0.881 bits per heavy atom. The van der Waals surface area contributed by atoms with Crippen LogP contribution in [0.4, 0.5) is 38.9 Å². The Bertz CT molecular complexity index is 4560. The molecule has 84 heavy (non-hydrogen) atoms. The zero-order valence-corrected chi connectivity index (χ0v) is 46.3. The van der Waals surface area contributed by atoms with Gasteiger partial charge in [0, 0.05) is 55.8 Å². The molecular formula is C49H36N6O23S6. The highest BCUT2D eigenvalue weighted by Crippen LogP contribution is 2.38. The number of anilines is 6. The van der Waals surface area contributed by atoms with Gasteiger partial charge in [-0.3, -0.25) is 46.5 Å². The van der Waals surface area contributed by atoms with E-state index in [1.165, 1.54) is 97.1 Å². The maximum Gasteiger partial charge on any atom is 0.323 e. The van der Waals surface area contributed by atoms with Gasteiger partial charge in [0.1, 0.15) is 9.79 Å². The molecule has 0 unspecified atom stereocenters. The van der Waals surface area contributed by atoms with Gasteiger partial charge in [0.2, 0.25) is 0 Å². The highest BCUT2D eigenvalue weighted by molar-refractivity contribution is 7.87. The smallest absolute Gasteiger partial charge is 0.322 e. The molecular weight excluding hydrogens is 1230 g/mol. The van der Waals surface area contributed by atoms with Crippen LogP contribution in [0, 0.1) is 0 Å². The van der Waals surface area contributed by atoms with Crippen LogP contribution in [0.25, 0.3) is 21.5 Å². The molecule has 6 amide bonds. The minimum Gasteiger partial charge on any atom is -0.322 e. The second-order valence-corrected chi connectivity index (χ2v) is 26.0. The number of hydrogen-bond acceptors (Lipinski definition) is 17. The maximum absolute atomic E-state index is 13.4. The number of carbonyl (C=O) groups excluding carboxylic acids is 5. The normalized spacial score (nSPS) is 12.3. The molecule has 0 aliphatic rings. The molecule has 0 atom stereocenters. The third-order valence-electron chi connectivity index (χ3n) is 11.7. The zero-order valence-electron chi connectivity index (χ0n) is 41.4. The average Bonchev–Trinajstić information content (AvgIpc) is 2.45. The van der Waals surface area contributed by atoms with Crippen molar-refractivity contribution in [3.8, 4) is 0 Å². The van der Waals surface area contributed by atoms with Crippen molar-refractivity contribution in [2.24, 2.45) is 0 Å². The summed E-state index contributed by atoms with van der Waals surface area (Å²) in [4.78, 5) is 60.1. The van der Waals surface area contributed by atoms with Crippen LogP contribution in [0.15, 0.2) is 175 Å². The summed E-state index contributed by atoms with van der Waals surface area (Å²) in [6.45, 7) is 0. The number of rotatable bonds is 16. The fraction of sp³-hybridized carbons (Fsp3) is 0. The van der Waals surface area contributed by atoms with E-state index in [1.807, 2.05) is 0 Å². The highest BCUT2D eigenvalue weighted by atomic mass is 32.2. The van der Waals surface area contributed by atoms with E-state index >= 15 is 0 Å². The molecule has 8 aromatic carbocycles. The fourth-order valence-electron chi connectivity index (χ4n) is 8.02. The van der Waals surface area contributed by atoms with Crippen LogP contribution in [0.2, 0.25) is 0 Å². The van der Waals surface area contributed by atoms with Gasteiger partial charge in [-0.05, 0) is 144 Å². The lowest BCUT2D eigenvalue weighted by atomic mass is 10.1. The van der Waals surface area contributed by atoms with Gasteiger partial charge in [0.15, 0.2) is 0 Å². The predicted octanol–water partition coefficient (Wildman–Crippen LogP) is 6.13. The van der Waals surface area contributed by atoms with Gasteiger partial charge in [0.05, 0.1) is 31.0 Å². The molecule has 12 N–H and O–H groups in total. The van der Waals surface area contributed by atoms with Crippen molar-refractivity contribution in [1.82, 2.24) is 0 Å². The van der Waals surface area contributed by atoms with Gasteiger partial charge >= 0.3 is 6.03 Å². The number of amides is 6. The minimum atomic E-state index is -5.33. The summed E-state index contributed by atoms with van der Waals surface area (Å²) in [5, 5.41) is 12.4. The van der Waals surface area contributed by atoms with Crippen LogP contribution in [0.5, 0.6) is 0 Å². The summed E-state index contributed by atoms with van der Waals surface area (Å²) in [5.41, 5.74) is -1.13. The molecule has 0 fully saturated rings. The summed E-state index contributed by atoms with van der Waals surface area (Å²) in [6.07, 6.45) is 0. The van der Waals surface area contributed by atoms with Crippen LogP contribution in [0.1, 0.15) is 41.4 Å². The summed E-state index contributed by atoms with van der Waals surface area (Å²) < 4.78 is 204. The second-order valence-electron chi connectivity index (χ2n) is 17.5. The van der Waals surface area contributed by atoms with E-state index in [1.54, 1.807) is 0 Å². The van der Waals surface area contributed by atoms with E-state index in [2.05, 4.69) is 31.9 Å². The lowest BCUT2D eigenvalue weighted by molar-refractivity contribution is 0.101. The number of nitrogens with one attached hydrogen (secondary N) is 6. The van der Waals surface area contributed by atoms with Crippen molar-refractivity contribution in [1.29, 1.82) is 0 Å². The first-order valence-electron chi connectivity index (χ1n) is 22.7. The van der Waals surface area contributed by atoms with Gasteiger partial charge in [-0.2, -0.15) is 50.5 Å². The molecule has 0 aliphatic heterocycles. The third kappa shape index (κ3) is 14.2. The van der Waals surface area contributed by atoms with E-state index in [0.29, 0.717) is 48.5 Å². The van der Waals surface area contributed by atoms with Gasteiger partial charge in [-0.1, -0.05) is 12.1 Å². The minimum absolute atomic E-state index is 0.0202. The first kappa shape index (κ1) is 61.0. The van der Waals surface area contributed by atoms with E-state index < -0.39 is 153 Å². The van der Waals surface area contributed by atoms with Crippen molar-refractivity contribution in [2.75, 3.05) is 31.9 Å². The van der Waals surface area contributed by atoms with Crippen molar-refractivity contribution in [3.05, 3.63) is 168 Å². The predicted molar refractivity (Wildman–Crippen MR) is 297 cm³/mol. The van der Waals surface area contributed by atoms with Gasteiger partial charge in [0.25, 0.3) is 84.3 Å². The van der Waals surface area contributed by atoms with Crippen molar-refractivity contribution in [3.63, 3.8) is 0 Å². The Hall–Kier alpha value is -9.11. The van der Waals surface area contributed by atoms with Crippen LogP contribution >= 0.6 is 0 Å². The second kappa shape index (κ2) is 22.6. The number of hydrogen-bond donors (Lipinski definition) is 12. The Balaban J connectivity index is 0.894. The molecule has 0 aliphatic carbocycles. The van der Waals surface area contributed by atoms with Crippen molar-refractivity contribution >= 4 is 146 Å². The Morgan fingerprint density at radius 2 is 0.583 bits per heavy atom. The molecule has 0 aromatic heterocycles. The number of fused-ring (bicyclic) bond motifs is 2. The van der Waals surface area contributed by atoms with Crippen LogP contribution in [-0.2, 0) is 60.7 Å². The number of benzene rings is 8. The van der Waals surface area contributed by atoms with Crippen LogP contribution in [0.3, 0.4) is 0 Å². The summed E-state index contributed by atoms with van der Waals surface area (Å²) in [6, 6.07) is 24.6. The van der Waals surface area contributed by atoms with E-state index in [0.717, 1.165) is 0 Å². The van der Waals surface area contributed by atoms with Crippen molar-refractivity contribution in [2.45, 2.75) is 29.4 Å². The quantitative estimate of drug-likeness (QED) is 0.0484. The molecule has 0 saturated heterocycles. The van der Waals surface area contributed by atoms with Gasteiger partial charge in [-0.15, -0.1) is 0 Å². The Labute approximate surface area is 474 Å². The molecule has 0 spiro atoms. The zero-order chi connectivity index (χ0) is 61.6. The summed E-state index contributed by atoms with van der Waals surface area (Å²) in [5.74, 6) is -3.49. The van der Waals surface area contributed by atoms with Gasteiger partial charge in [-0.25, -0.2) is 4.79 Å². The SMILES string of the molecule is O=C(Nc1cccc(C(=O)Nc2ccc(C(=O)Nc3cc(S(=O)(=O)O)cc4cc(S(=O)(=O)O)cc(S(=O)(=O)O)c34)cc2)c1)Nc1cccc(C(=O)Nc2ccc(C(=O)Nc3cc(S(=O)(=O)O)cc4cc(S(=O)(=O)O)cc(S(=O)(=O)O)c34)cc2)c1. The molecule has 436 valence electrons. The molecule has 0 saturated carbocycles. The summed E-state index contributed by atoms with van der Waals surface area (Å²) in [7, 11) is -31.2. The monoisotopic (exact) mass is 1270 g/mol. The third-order valence-corrected chi connectivity index (χ3v) is 16.8. The average molecular weight is 1270 g/mol. The molecule has 29 nitrogen and oxygen atoms in total. The number of urea groups is 1. The van der Waals surface area contributed by atoms with Gasteiger partial charge < -0.3 is 31.9 Å². The lowest BCUT2D eigenvalue weighted by Gasteiger charge is -2.15. The molecule has 0 bridgehead atoms. The maximum atomic E-state index is 13.4. The van der Waals surface area contributed by atoms with Crippen LogP contribution < -0.4 is 31.9 Å². The first-order chi connectivity index (χ1) is 38.9. The van der Waals surface area contributed by atoms with E-state index in [9.17, 15) is 102 Å². The first-order valence-corrected chi connectivity index (χ1v) is 31.4. The van der Waals surface area contributed by atoms with E-state index in [4.69, 9.17) is 0 Å². The molecule has 0 radical (unpaired) electrons. The lowest BCUT2D eigenvalue weighted by Crippen LogP contribution is -2.20. The molecule has 8 aromatic rings. The Kier molecular flexibility index (Phi) is 16.4. The van der Waals surface area contributed by atoms with Crippen LogP contribution in [-0.4, -0.2) is 107 Å². The molecule has 0 heterocycles. The standard InChI is InChI=1S/C49H36N6O23S6/c56-45(54-39-21-35(79(61,62)63)17-29-19-37(81(67,68)69)23-41(43(29)39)83(73,74)75)25-7-11-31(12-8-25)50-47(58)27-3-1-5-33(15-27)52-49(60)53-34-6-2-4-28(16-34)48(59)51-32-13-9-26(10-14-32)46(57)55-40-22-36(80(64,65)66)18-30-20-38(82(70,71)72)24-42(44(30)40)84(76,77)78/h1-24H,(H,50,58)(H,51,59)(H,54,56)(H,55,57)(H2,52,53,60)(H,61,62,63)(H,64,65,66)(H,67,68,69)(H,70,71,72)(H,73,74,75)(H,76,77,78). The highest BCUT2D eigenvalue weighted by Gasteiger charge is 2.28. The number of carbonyl (C=O) groups is 5. The largest absolute Gasteiger partial charge is 0.323 e. The molecule has 8 rings (SSSR count). The summed E-state index contributed by atoms with van der Waals surface area (Å²) >= 11 is 0. The van der Waals surface area contributed by atoms with E-state index in [-0.39, 0.29) is 45.0 Å². The topological polar surface area (TPSA) is 484 Å². The Morgan fingerprint density at radius 1 is 0.286 bits per heavy atom. The fourth-order valence-corrected chi connectivity index (χ4v) is 11.9.